The highest BCUT2D eigenvalue weighted by atomic mass is 15.1. The van der Waals surface area contributed by atoms with E-state index in [2.05, 4.69) is 37.9 Å². The molecule has 15 heavy (non-hydrogen) atoms. The Kier molecular flexibility index (Phi) is 5.07. The second-order valence-electron chi connectivity index (χ2n) is 5.49. The molecule has 0 amide bonds. The van der Waals surface area contributed by atoms with Gasteiger partial charge in [0.1, 0.15) is 0 Å². The van der Waals surface area contributed by atoms with Crippen molar-refractivity contribution in [3.63, 3.8) is 0 Å². The van der Waals surface area contributed by atoms with E-state index in [0.717, 1.165) is 5.92 Å². The first kappa shape index (κ1) is 13.0. The van der Waals surface area contributed by atoms with Gasteiger partial charge in [0.25, 0.3) is 0 Å². The van der Waals surface area contributed by atoms with Crippen molar-refractivity contribution in [2.24, 2.45) is 11.3 Å². The summed E-state index contributed by atoms with van der Waals surface area (Å²) < 4.78 is 0. The predicted molar refractivity (Wildman–Crippen MR) is 67.2 cm³/mol. The maximum absolute atomic E-state index is 3.53. The van der Waals surface area contributed by atoms with Crippen LogP contribution in [0.4, 0.5) is 0 Å². The predicted octanol–water partition coefficient (Wildman–Crippen LogP) is 2.35. The summed E-state index contributed by atoms with van der Waals surface area (Å²) >= 11 is 0. The molecular weight excluding hydrogens is 184 g/mol. The second-order valence-corrected chi connectivity index (χ2v) is 5.49. The number of rotatable bonds is 5. The molecule has 0 spiro atoms. The Morgan fingerprint density at radius 3 is 2.40 bits per heavy atom. The molecule has 0 aromatic rings. The number of hydrogen-bond donors (Lipinski definition) is 1. The first-order valence-electron chi connectivity index (χ1n) is 6.53. The van der Waals surface area contributed by atoms with Gasteiger partial charge >= 0.3 is 0 Å². The lowest BCUT2D eigenvalue weighted by atomic mass is 9.74. The second kappa shape index (κ2) is 5.86. The van der Waals surface area contributed by atoms with Gasteiger partial charge in [-0.1, -0.05) is 27.7 Å². The summed E-state index contributed by atoms with van der Waals surface area (Å²) in [4.78, 5) is 2.55. The monoisotopic (exact) mass is 212 g/mol. The van der Waals surface area contributed by atoms with Gasteiger partial charge in [0.2, 0.25) is 0 Å². The maximum atomic E-state index is 3.53. The number of hydrogen-bond acceptors (Lipinski definition) is 2. The van der Waals surface area contributed by atoms with Crippen molar-refractivity contribution < 1.29 is 0 Å². The summed E-state index contributed by atoms with van der Waals surface area (Å²) in [7, 11) is 0. The quantitative estimate of drug-likeness (QED) is 0.752. The van der Waals surface area contributed by atoms with Gasteiger partial charge < -0.3 is 10.2 Å². The van der Waals surface area contributed by atoms with Crippen LogP contribution in [0.3, 0.4) is 0 Å². The molecule has 0 aromatic heterocycles. The van der Waals surface area contributed by atoms with Crippen LogP contribution in [0.25, 0.3) is 0 Å². The number of nitrogens with zero attached hydrogens (tertiary/aromatic N) is 1. The Bertz CT molecular complexity index is 167. The van der Waals surface area contributed by atoms with Crippen LogP contribution in [-0.4, -0.2) is 37.6 Å². The fourth-order valence-corrected chi connectivity index (χ4v) is 2.67. The summed E-state index contributed by atoms with van der Waals surface area (Å²) in [6.07, 6.45) is 2.76. The summed E-state index contributed by atoms with van der Waals surface area (Å²) in [5, 5.41) is 3.53. The Balaban J connectivity index is 2.47. The molecular formula is C13H28N2. The first-order valence-corrected chi connectivity index (χ1v) is 6.53. The molecule has 0 aromatic carbocycles. The van der Waals surface area contributed by atoms with Crippen molar-refractivity contribution in [1.29, 1.82) is 0 Å². The molecule has 2 heteroatoms. The van der Waals surface area contributed by atoms with E-state index in [9.17, 15) is 0 Å². The van der Waals surface area contributed by atoms with Gasteiger partial charge in [-0.3, -0.25) is 0 Å². The molecule has 1 aliphatic heterocycles. The van der Waals surface area contributed by atoms with Crippen LogP contribution in [0.1, 0.15) is 40.5 Å². The van der Waals surface area contributed by atoms with Gasteiger partial charge in [-0.15, -0.1) is 0 Å². The summed E-state index contributed by atoms with van der Waals surface area (Å²) in [6.45, 7) is 15.4. The highest BCUT2D eigenvalue weighted by Crippen LogP contribution is 2.32. The van der Waals surface area contributed by atoms with E-state index in [1.807, 2.05) is 0 Å². The zero-order chi connectivity index (χ0) is 11.3. The van der Waals surface area contributed by atoms with Crippen LogP contribution in [0.2, 0.25) is 0 Å². The zero-order valence-electron chi connectivity index (χ0n) is 11.0. The van der Waals surface area contributed by atoms with Crippen LogP contribution in [0.15, 0.2) is 0 Å². The third kappa shape index (κ3) is 3.76. The van der Waals surface area contributed by atoms with Gasteiger partial charge in [-0.2, -0.15) is 0 Å². The SMILES string of the molecule is CCN(CC)CC(C)(C)C1CCCNC1. The molecule has 1 heterocycles. The highest BCUT2D eigenvalue weighted by Gasteiger charge is 2.31. The minimum absolute atomic E-state index is 0.458. The molecule has 0 saturated carbocycles. The van der Waals surface area contributed by atoms with Gasteiger partial charge in [-0.05, 0) is 50.4 Å². The Hall–Kier alpha value is -0.0800. The molecule has 1 atom stereocenters. The van der Waals surface area contributed by atoms with E-state index in [0.29, 0.717) is 5.41 Å². The Labute approximate surface area is 95.4 Å². The lowest BCUT2D eigenvalue weighted by Crippen LogP contribution is -2.44. The van der Waals surface area contributed by atoms with Crippen LogP contribution in [0, 0.1) is 11.3 Å². The molecule has 1 fully saturated rings. The molecule has 1 rings (SSSR count). The van der Waals surface area contributed by atoms with Crippen molar-refractivity contribution in [1.82, 2.24) is 10.2 Å². The standard InChI is InChI=1S/C13H28N2/c1-5-15(6-2)11-13(3,4)12-8-7-9-14-10-12/h12,14H,5-11H2,1-4H3. The van der Waals surface area contributed by atoms with E-state index in [1.54, 1.807) is 0 Å². The van der Waals surface area contributed by atoms with E-state index >= 15 is 0 Å². The summed E-state index contributed by atoms with van der Waals surface area (Å²) in [5.41, 5.74) is 0.458. The fourth-order valence-electron chi connectivity index (χ4n) is 2.67. The smallest absolute Gasteiger partial charge is 0.00356 e. The number of piperidine rings is 1. The van der Waals surface area contributed by atoms with Crippen molar-refractivity contribution in [2.45, 2.75) is 40.5 Å². The lowest BCUT2D eigenvalue weighted by Gasteiger charge is -2.40. The fraction of sp³-hybridized carbons (Fsp3) is 1.00. The highest BCUT2D eigenvalue weighted by molar-refractivity contribution is 4.85. The molecule has 0 bridgehead atoms. The van der Waals surface area contributed by atoms with Crippen LogP contribution in [0.5, 0.6) is 0 Å². The van der Waals surface area contributed by atoms with Gasteiger partial charge in [0.15, 0.2) is 0 Å². The van der Waals surface area contributed by atoms with E-state index < -0.39 is 0 Å². The first-order chi connectivity index (χ1) is 7.10. The largest absolute Gasteiger partial charge is 0.316 e. The maximum Gasteiger partial charge on any atom is 0.00356 e. The van der Waals surface area contributed by atoms with Gasteiger partial charge in [0, 0.05) is 6.54 Å². The Morgan fingerprint density at radius 1 is 1.27 bits per heavy atom. The van der Waals surface area contributed by atoms with Crippen molar-refractivity contribution in [2.75, 3.05) is 32.7 Å². The van der Waals surface area contributed by atoms with E-state index in [1.165, 1.54) is 45.6 Å². The van der Waals surface area contributed by atoms with Crippen LogP contribution >= 0.6 is 0 Å². The third-order valence-corrected chi connectivity index (χ3v) is 3.93. The van der Waals surface area contributed by atoms with E-state index in [4.69, 9.17) is 0 Å². The van der Waals surface area contributed by atoms with Crippen LogP contribution in [-0.2, 0) is 0 Å². The molecule has 1 N–H and O–H groups in total. The normalized spacial score (nSPS) is 23.4. The van der Waals surface area contributed by atoms with Crippen molar-refractivity contribution in [3.8, 4) is 0 Å². The molecule has 1 aliphatic rings. The topological polar surface area (TPSA) is 15.3 Å². The molecule has 90 valence electrons. The number of nitrogens with one attached hydrogen (secondary N) is 1. The zero-order valence-corrected chi connectivity index (χ0v) is 11.0. The van der Waals surface area contributed by atoms with Gasteiger partial charge in [0.05, 0.1) is 0 Å². The molecule has 0 radical (unpaired) electrons. The minimum Gasteiger partial charge on any atom is -0.316 e. The minimum atomic E-state index is 0.458. The molecule has 0 aliphatic carbocycles. The van der Waals surface area contributed by atoms with Crippen molar-refractivity contribution >= 4 is 0 Å². The summed E-state index contributed by atoms with van der Waals surface area (Å²) in [6, 6.07) is 0. The Morgan fingerprint density at radius 2 is 1.93 bits per heavy atom. The average Bonchev–Trinajstić information content (AvgIpc) is 2.27. The molecule has 1 unspecified atom stereocenters. The summed E-state index contributed by atoms with van der Waals surface area (Å²) in [5.74, 6) is 0.854. The van der Waals surface area contributed by atoms with Crippen LogP contribution < -0.4 is 5.32 Å². The van der Waals surface area contributed by atoms with Gasteiger partial charge in [-0.25, -0.2) is 0 Å². The lowest BCUT2D eigenvalue weighted by molar-refractivity contribution is 0.106. The molecule has 2 nitrogen and oxygen atoms in total. The van der Waals surface area contributed by atoms with Crippen molar-refractivity contribution in [3.05, 3.63) is 0 Å². The average molecular weight is 212 g/mol. The third-order valence-electron chi connectivity index (χ3n) is 3.93. The van der Waals surface area contributed by atoms with E-state index in [-0.39, 0.29) is 0 Å². The molecule has 1 saturated heterocycles.